The molecule has 15 N–H and O–H groups in total. The first-order chi connectivity index (χ1) is 38.5. The van der Waals surface area contributed by atoms with E-state index >= 15 is 0 Å². The zero-order valence-corrected chi connectivity index (χ0v) is 47.6. The van der Waals surface area contributed by atoms with Gasteiger partial charge in [-0.05, 0) is 156 Å². The van der Waals surface area contributed by atoms with Crippen LogP contribution < -0.4 is 54.2 Å². The molecule has 10 rings (SSSR count). The Morgan fingerprint density at radius 3 is 0.400 bits per heavy atom. The molecule has 15 heteroatoms. The molecule has 0 unspecified atom stereocenters. The first kappa shape index (κ1) is 71.3. The molecule has 5 aromatic carbocycles. The highest BCUT2D eigenvalue weighted by Crippen LogP contribution is 2.16. The first-order valence-electron chi connectivity index (χ1n) is 29.0. The van der Waals surface area contributed by atoms with Crippen LogP contribution in [-0.2, 0) is 0 Å². The summed E-state index contributed by atoms with van der Waals surface area (Å²) in [7, 11) is 0. The lowest BCUT2D eigenvalue weighted by molar-refractivity contribution is -0.425. The molecular formula is C65H95N5O10. The first-order valence-corrected chi connectivity index (χ1v) is 29.0. The molecule has 0 atom stereocenters. The zero-order valence-electron chi connectivity index (χ0n) is 47.6. The van der Waals surface area contributed by atoms with Gasteiger partial charge in [0.05, 0.1) is 60.1 Å². The number of carbonyl (C=O) groups is 5. The van der Waals surface area contributed by atoms with E-state index in [0.29, 0.717) is 0 Å². The maximum atomic E-state index is 10.1. The number of carbonyl (C=O) groups excluding carboxylic acids is 5. The van der Waals surface area contributed by atoms with E-state index < -0.39 is 29.8 Å². The van der Waals surface area contributed by atoms with Gasteiger partial charge in [0, 0.05) is 0 Å². The zero-order chi connectivity index (χ0) is 59.0. The summed E-state index contributed by atoms with van der Waals surface area (Å²) in [6.07, 6.45) is 35.2. The van der Waals surface area contributed by atoms with Crippen LogP contribution in [0.5, 0.6) is 0 Å². The van der Waals surface area contributed by atoms with Gasteiger partial charge in [-0.15, -0.1) is 0 Å². The summed E-state index contributed by atoms with van der Waals surface area (Å²) >= 11 is 0. The number of rotatable bonds is 5. The van der Waals surface area contributed by atoms with Crippen LogP contribution in [0.15, 0.2) is 152 Å². The Balaban J connectivity index is 0.000000445. The number of carboxylic acids is 5. The predicted octanol–water partition coefficient (Wildman–Crippen LogP) is 3.06. The average Bonchev–Trinajstić information content (AvgIpc) is 3.49. The minimum absolute atomic E-state index is 0.220. The Kier molecular flexibility index (Phi) is 42.0. The van der Waals surface area contributed by atoms with E-state index in [9.17, 15) is 49.5 Å². The van der Waals surface area contributed by atoms with E-state index in [1.165, 1.54) is 221 Å². The lowest BCUT2D eigenvalue weighted by atomic mass is 9.97. The number of carboxylic acid groups (broad SMARTS) is 5. The van der Waals surface area contributed by atoms with Crippen molar-refractivity contribution in [2.75, 3.05) is 0 Å². The molecule has 0 amide bonds. The highest BCUT2D eigenvalue weighted by molar-refractivity contribution is 5.87. The minimum atomic E-state index is -1.13. The second kappa shape index (κ2) is 47.1. The van der Waals surface area contributed by atoms with Crippen molar-refractivity contribution >= 4 is 29.8 Å². The molecule has 0 saturated heterocycles. The van der Waals surface area contributed by atoms with Crippen LogP contribution in [0, 0.1) is 0 Å². The van der Waals surface area contributed by atoms with Gasteiger partial charge in [-0.25, -0.2) is 0 Å². The number of quaternary nitrogens is 5. The smallest absolute Gasteiger partial charge is 0.0843 e. The highest BCUT2D eigenvalue weighted by Gasteiger charge is 2.12. The quantitative estimate of drug-likeness (QED) is 0.171. The van der Waals surface area contributed by atoms with E-state index in [1.807, 2.05) is 0 Å². The molecule has 5 aliphatic carbocycles. The van der Waals surface area contributed by atoms with Crippen molar-refractivity contribution in [2.45, 2.75) is 191 Å². The van der Waals surface area contributed by atoms with Crippen molar-refractivity contribution in [3.05, 3.63) is 179 Å². The third-order valence-corrected chi connectivity index (χ3v) is 13.7. The van der Waals surface area contributed by atoms with Gasteiger partial charge in [0.2, 0.25) is 0 Å². The molecule has 0 aromatic heterocycles. The second-order valence-electron chi connectivity index (χ2n) is 20.8. The Morgan fingerprint density at radius 2 is 0.338 bits per heavy atom. The van der Waals surface area contributed by atoms with Crippen molar-refractivity contribution < 1.29 is 78.2 Å². The van der Waals surface area contributed by atoms with Gasteiger partial charge in [-0.2, -0.15) is 0 Å². The fourth-order valence-electron chi connectivity index (χ4n) is 8.81. The lowest BCUT2D eigenvalue weighted by Crippen LogP contribution is -2.61. The fraction of sp³-hybridized carbons (Fsp3) is 0.462. The van der Waals surface area contributed by atoms with Crippen LogP contribution in [0.4, 0.5) is 0 Å². The molecule has 0 bridgehead atoms. The van der Waals surface area contributed by atoms with Crippen molar-refractivity contribution in [3.63, 3.8) is 0 Å². The molecule has 0 aliphatic heterocycles. The summed E-state index contributed by atoms with van der Waals surface area (Å²) in [4.78, 5) is 50.4. The molecule has 0 radical (unpaired) electrons. The van der Waals surface area contributed by atoms with E-state index in [4.69, 9.17) is 0 Å². The third kappa shape index (κ3) is 40.4. The average molecular weight is 1110 g/mol. The molecule has 15 nitrogen and oxygen atoms in total. The van der Waals surface area contributed by atoms with Crippen LogP contribution >= 0.6 is 0 Å². The largest absolute Gasteiger partial charge is 0.545 e. The van der Waals surface area contributed by atoms with Gasteiger partial charge in [0.1, 0.15) is 0 Å². The normalized spacial score (nSPS) is 16.1. The molecule has 5 fully saturated rings. The van der Waals surface area contributed by atoms with Crippen LogP contribution in [0.1, 0.15) is 212 Å². The van der Waals surface area contributed by atoms with Crippen molar-refractivity contribution in [2.24, 2.45) is 0 Å². The number of benzene rings is 5. The van der Waals surface area contributed by atoms with E-state index in [-0.39, 0.29) is 27.8 Å². The van der Waals surface area contributed by atoms with Crippen LogP contribution in [0.2, 0.25) is 0 Å². The van der Waals surface area contributed by atoms with Gasteiger partial charge in [0.15, 0.2) is 0 Å². The van der Waals surface area contributed by atoms with Crippen LogP contribution in [0.3, 0.4) is 0 Å². The molecule has 0 heterocycles. The highest BCUT2D eigenvalue weighted by atomic mass is 16.4. The Labute approximate surface area is 476 Å². The van der Waals surface area contributed by atoms with Gasteiger partial charge in [-0.3, -0.25) is 0 Å². The van der Waals surface area contributed by atoms with Gasteiger partial charge >= 0.3 is 0 Å². The van der Waals surface area contributed by atoms with Crippen LogP contribution in [0.25, 0.3) is 0 Å². The summed E-state index contributed by atoms with van der Waals surface area (Å²) in [5, 5.41) is 50.4. The van der Waals surface area contributed by atoms with Gasteiger partial charge in [0.25, 0.3) is 0 Å². The van der Waals surface area contributed by atoms with Gasteiger partial charge < -0.3 is 78.2 Å². The molecule has 0 spiro atoms. The molecule has 80 heavy (non-hydrogen) atoms. The van der Waals surface area contributed by atoms with E-state index in [1.54, 1.807) is 91.0 Å². The Bertz CT molecular complexity index is 1910. The molecule has 5 aliphatic rings. The molecule has 5 saturated carbocycles. The number of hydrogen-bond donors (Lipinski definition) is 5. The van der Waals surface area contributed by atoms with Crippen molar-refractivity contribution in [1.82, 2.24) is 0 Å². The topological polar surface area (TPSA) is 339 Å². The number of aromatic carboxylic acids is 5. The SMILES string of the molecule is O=C([O-])c1ccccc1.O=C([O-])c1ccccc1.O=C([O-])c1ccccc1.O=C([O-])c1ccccc1.O=C([O-])c1ccccc1.[NH3+]C1CCCCC1.[NH3+]C1CCCCC1.[NH3+]C1CCCCC1.[NH3+]C1CCCCC1.[NH3+]C1CCCCC1. The van der Waals surface area contributed by atoms with Gasteiger partial charge in [-0.1, -0.05) is 184 Å². The molecular weight excluding hydrogens is 1010 g/mol. The Hall–Kier alpha value is -6.75. The predicted molar refractivity (Wildman–Crippen MR) is 303 cm³/mol. The monoisotopic (exact) mass is 1110 g/mol. The van der Waals surface area contributed by atoms with Crippen molar-refractivity contribution in [1.29, 1.82) is 0 Å². The summed E-state index contributed by atoms with van der Waals surface area (Å²) < 4.78 is 0. The fourth-order valence-corrected chi connectivity index (χ4v) is 8.81. The maximum absolute atomic E-state index is 10.1. The molecule has 5 aromatic rings. The number of hydrogen-bond acceptors (Lipinski definition) is 10. The Morgan fingerprint density at radius 1 is 0.225 bits per heavy atom. The third-order valence-electron chi connectivity index (χ3n) is 13.7. The van der Waals surface area contributed by atoms with E-state index in [2.05, 4.69) is 28.7 Å². The summed E-state index contributed by atoms with van der Waals surface area (Å²) in [5.74, 6) is -5.65. The van der Waals surface area contributed by atoms with Crippen molar-refractivity contribution in [3.8, 4) is 0 Å². The lowest BCUT2D eigenvalue weighted by Gasteiger charge is -2.12. The van der Waals surface area contributed by atoms with Crippen LogP contribution in [-0.4, -0.2) is 60.1 Å². The summed E-state index contributed by atoms with van der Waals surface area (Å²) in [6, 6.07) is 44.2. The minimum Gasteiger partial charge on any atom is -0.545 e. The molecule has 440 valence electrons. The summed E-state index contributed by atoms with van der Waals surface area (Å²) in [6.45, 7) is 0. The maximum Gasteiger partial charge on any atom is 0.0843 e. The summed E-state index contributed by atoms with van der Waals surface area (Å²) in [5.41, 5.74) is 21.1. The van der Waals surface area contributed by atoms with E-state index in [0.717, 1.165) is 30.2 Å². The standard InChI is InChI=1S/5C7H6O2.5C6H13N/c5*8-7(9)6-4-2-1-3-5-6;5*7-6-4-2-1-3-5-6/h5*1-5H,(H,8,9);5*6H,1-5,7H2. The second-order valence-corrected chi connectivity index (χ2v) is 20.8.